The molecule has 0 spiro atoms. The molecule has 29 heavy (non-hydrogen) atoms. The molecule has 3 rings (SSSR count). The SMILES string of the molecule is CC(C)(C)NC(=O)C(Nc1ccc(C#N)cc1)c1ccc(-c2ccccc2)cc1. The van der Waals surface area contributed by atoms with Gasteiger partial charge in [0.2, 0.25) is 5.91 Å². The van der Waals surface area contributed by atoms with Gasteiger partial charge in [-0.05, 0) is 61.7 Å². The van der Waals surface area contributed by atoms with Crippen LogP contribution in [0.15, 0.2) is 78.9 Å². The third kappa shape index (κ3) is 5.46. The van der Waals surface area contributed by atoms with Crippen LogP contribution in [0.25, 0.3) is 11.1 Å². The molecule has 146 valence electrons. The summed E-state index contributed by atoms with van der Waals surface area (Å²) in [5.74, 6) is -0.102. The summed E-state index contributed by atoms with van der Waals surface area (Å²) in [4.78, 5) is 13.0. The maximum atomic E-state index is 13.0. The van der Waals surface area contributed by atoms with Gasteiger partial charge >= 0.3 is 0 Å². The molecule has 1 atom stereocenters. The lowest BCUT2D eigenvalue weighted by molar-refractivity contribution is -0.123. The van der Waals surface area contributed by atoms with E-state index in [1.165, 1.54) is 0 Å². The Morgan fingerprint density at radius 2 is 1.45 bits per heavy atom. The van der Waals surface area contributed by atoms with Gasteiger partial charge in [-0.3, -0.25) is 4.79 Å². The van der Waals surface area contributed by atoms with Gasteiger partial charge in [0.1, 0.15) is 6.04 Å². The van der Waals surface area contributed by atoms with Gasteiger partial charge in [-0.15, -0.1) is 0 Å². The molecule has 4 heteroatoms. The van der Waals surface area contributed by atoms with Crippen LogP contribution < -0.4 is 10.6 Å². The second-order valence-corrected chi connectivity index (χ2v) is 7.99. The number of rotatable bonds is 5. The van der Waals surface area contributed by atoms with E-state index < -0.39 is 6.04 Å². The van der Waals surface area contributed by atoms with E-state index in [0.29, 0.717) is 5.56 Å². The quantitative estimate of drug-likeness (QED) is 0.629. The molecule has 1 amide bonds. The molecule has 0 aromatic heterocycles. The monoisotopic (exact) mass is 383 g/mol. The average Bonchev–Trinajstić information content (AvgIpc) is 2.72. The van der Waals surface area contributed by atoms with Crippen LogP contribution in [0.2, 0.25) is 0 Å². The molecular formula is C25H25N3O. The molecule has 0 aliphatic rings. The van der Waals surface area contributed by atoms with Gasteiger partial charge in [-0.25, -0.2) is 0 Å². The van der Waals surface area contributed by atoms with Gasteiger partial charge in [-0.2, -0.15) is 5.26 Å². The Labute approximate surface area is 172 Å². The Morgan fingerprint density at radius 3 is 2.00 bits per heavy atom. The van der Waals surface area contributed by atoms with Crippen molar-refractivity contribution in [3.8, 4) is 17.2 Å². The van der Waals surface area contributed by atoms with Crippen molar-refractivity contribution in [1.29, 1.82) is 5.26 Å². The fraction of sp³-hybridized carbons (Fsp3) is 0.200. The third-order valence-corrected chi connectivity index (χ3v) is 4.44. The molecule has 0 saturated carbocycles. The predicted octanol–water partition coefficient (Wildman–Crippen LogP) is 5.29. The third-order valence-electron chi connectivity index (χ3n) is 4.44. The van der Waals surface area contributed by atoms with Crippen molar-refractivity contribution in [2.45, 2.75) is 32.4 Å². The molecule has 0 heterocycles. The zero-order valence-corrected chi connectivity index (χ0v) is 16.9. The highest BCUT2D eigenvalue weighted by atomic mass is 16.2. The molecule has 0 bridgehead atoms. The van der Waals surface area contributed by atoms with Gasteiger partial charge in [0, 0.05) is 11.2 Å². The second-order valence-electron chi connectivity index (χ2n) is 7.99. The molecule has 3 aromatic rings. The summed E-state index contributed by atoms with van der Waals surface area (Å²) in [6.45, 7) is 5.88. The number of carbonyl (C=O) groups excluding carboxylic acids is 1. The molecule has 0 radical (unpaired) electrons. The van der Waals surface area contributed by atoms with Crippen molar-refractivity contribution in [1.82, 2.24) is 5.32 Å². The highest BCUT2D eigenvalue weighted by Crippen LogP contribution is 2.25. The number of carbonyl (C=O) groups is 1. The standard InChI is InChI=1S/C25H25N3O/c1-25(2,3)28-24(29)23(27-22-15-9-18(17-26)10-16-22)21-13-11-20(12-14-21)19-7-5-4-6-8-19/h4-16,23,27H,1-3H3,(H,28,29). The molecular weight excluding hydrogens is 358 g/mol. The van der Waals surface area contributed by atoms with E-state index in [0.717, 1.165) is 22.4 Å². The van der Waals surface area contributed by atoms with Crippen molar-refractivity contribution in [2.24, 2.45) is 0 Å². The number of anilines is 1. The largest absolute Gasteiger partial charge is 0.370 e. The van der Waals surface area contributed by atoms with Crippen LogP contribution >= 0.6 is 0 Å². The lowest BCUT2D eigenvalue weighted by atomic mass is 9.99. The van der Waals surface area contributed by atoms with Gasteiger partial charge in [0.25, 0.3) is 0 Å². The maximum Gasteiger partial charge on any atom is 0.247 e. The van der Waals surface area contributed by atoms with Gasteiger partial charge in [0.05, 0.1) is 11.6 Å². The Kier molecular flexibility index (Phi) is 5.99. The van der Waals surface area contributed by atoms with Crippen LogP contribution in [0, 0.1) is 11.3 Å². The number of nitriles is 1. The van der Waals surface area contributed by atoms with Gasteiger partial charge in [0.15, 0.2) is 0 Å². The second kappa shape index (κ2) is 8.62. The van der Waals surface area contributed by atoms with E-state index in [1.54, 1.807) is 12.1 Å². The van der Waals surface area contributed by atoms with E-state index in [-0.39, 0.29) is 11.4 Å². The fourth-order valence-corrected chi connectivity index (χ4v) is 3.05. The van der Waals surface area contributed by atoms with Crippen LogP contribution in [0.1, 0.15) is 37.9 Å². The number of hydrogen-bond donors (Lipinski definition) is 2. The molecule has 2 N–H and O–H groups in total. The van der Waals surface area contributed by atoms with Gasteiger partial charge < -0.3 is 10.6 Å². The highest BCUT2D eigenvalue weighted by molar-refractivity contribution is 5.86. The molecule has 3 aromatic carbocycles. The van der Waals surface area contributed by atoms with E-state index in [2.05, 4.69) is 28.8 Å². The van der Waals surface area contributed by atoms with Crippen molar-refractivity contribution in [2.75, 3.05) is 5.32 Å². The summed E-state index contributed by atoms with van der Waals surface area (Å²) >= 11 is 0. The minimum absolute atomic E-state index is 0.102. The zero-order chi connectivity index (χ0) is 20.9. The molecule has 1 unspecified atom stereocenters. The number of benzene rings is 3. The maximum absolute atomic E-state index is 13.0. The summed E-state index contributed by atoms with van der Waals surface area (Å²) in [6, 6.07) is 26.8. The fourth-order valence-electron chi connectivity index (χ4n) is 3.05. The van der Waals surface area contributed by atoms with E-state index >= 15 is 0 Å². The first-order valence-electron chi connectivity index (χ1n) is 9.60. The number of nitrogens with one attached hydrogen (secondary N) is 2. The highest BCUT2D eigenvalue weighted by Gasteiger charge is 2.24. The number of nitrogens with zero attached hydrogens (tertiary/aromatic N) is 1. The summed E-state index contributed by atoms with van der Waals surface area (Å²) in [7, 11) is 0. The van der Waals surface area contributed by atoms with E-state index in [1.807, 2.05) is 75.4 Å². The van der Waals surface area contributed by atoms with Crippen LogP contribution in [0.4, 0.5) is 5.69 Å². The molecule has 4 nitrogen and oxygen atoms in total. The summed E-state index contributed by atoms with van der Waals surface area (Å²) in [5.41, 5.74) is 4.13. The number of amides is 1. The smallest absolute Gasteiger partial charge is 0.247 e. The number of hydrogen-bond acceptors (Lipinski definition) is 3. The average molecular weight is 383 g/mol. The van der Waals surface area contributed by atoms with Crippen LogP contribution in [-0.4, -0.2) is 11.4 Å². The van der Waals surface area contributed by atoms with Crippen LogP contribution in [-0.2, 0) is 4.79 Å². The zero-order valence-electron chi connectivity index (χ0n) is 16.9. The molecule has 0 fully saturated rings. The van der Waals surface area contributed by atoms with Crippen molar-refractivity contribution in [3.63, 3.8) is 0 Å². The van der Waals surface area contributed by atoms with Crippen LogP contribution in [0.5, 0.6) is 0 Å². The Bertz CT molecular complexity index is 995. The summed E-state index contributed by atoms with van der Waals surface area (Å²) < 4.78 is 0. The minimum atomic E-state index is -0.549. The first-order chi connectivity index (χ1) is 13.9. The Balaban J connectivity index is 1.89. The summed E-state index contributed by atoms with van der Waals surface area (Å²) in [5, 5.41) is 15.3. The van der Waals surface area contributed by atoms with E-state index in [4.69, 9.17) is 5.26 Å². The van der Waals surface area contributed by atoms with Crippen molar-refractivity contribution < 1.29 is 4.79 Å². The van der Waals surface area contributed by atoms with Gasteiger partial charge in [-0.1, -0.05) is 54.6 Å². The minimum Gasteiger partial charge on any atom is -0.370 e. The molecule has 0 saturated heterocycles. The van der Waals surface area contributed by atoms with Crippen molar-refractivity contribution >= 4 is 11.6 Å². The molecule has 0 aliphatic carbocycles. The Morgan fingerprint density at radius 1 is 0.862 bits per heavy atom. The first-order valence-corrected chi connectivity index (χ1v) is 9.60. The van der Waals surface area contributed by atoms with Crippen molar-refractivity contribution in [3.05, 3.63) is 90.0 Å². The first kappa shape index (κ1) is 20.2. The predicted molar refractivity (Wildman–Crippen MR) is 117 cm³/mol. The lowest BCUT2D eigenvalue weighted by Gasteiger charge is -2.26. The van der Waals surface area contributed by atoms with E-state index in [9.17, 15) is 4.79 Å². The Hall–Kier alpha value is -3.58. The van der Waals surface area contributed by atoms with Crippen LogP contribution in [0.3, 0.4) is 0 Å². The molecule has 0 aliphatic heterocycles. The lowest BCUT2D eigenvalue weighted by Crippen LogP contribution is -2.44. The normalized spacial score (nSPS) is 11.9. The summed E-state index contributed by atoms with van der Waals surface area (Å²) in [6.07, 6.45) is 0. The topological polar surface area (TPSA) is 64.9 Å².